The molecule has 0 saturated carbocycles. The average molecular weight is 311 g/mol. The molecule has 0 saturated heterocycles. The van der Waals surface area contributed by atoms with Crippen LogP contribution in [-0.2, 0) is 0 Å². The van der Waals surface area contributed by atoms with Crippen molar-refractivity contribution >= 4 is 40.5 Å². The standard InChI is InChI=1S/C13H8Cl2N2O3/c14-8-4-6-9(7-5-8)16-13(18)10-2-1-3-11(12(10)15)17(19)20/h1-7H,(H,16,18). The number of anilines is 1. The van der Waals surface area contributed by atoms with Gasteiger partial charge < -0.3 is 5.32 Å². The van der Waals surface area contributed by atoms with Crippen LogP contribution in [0.2, 0.25) is 10.0 Å². The molecule has 0 fully saturated rings. The molecule has 2 aromatic rings. The largest absolute Gasteiger partial charge is 0.322 e. The van der Waals surface area contributed by atoms with E-state index in [9.17, 15) is 14.9 Å². The summed E-state index contributed by atoms with van der Waals surface area (Å²) in [6.45, 7) is 0. The summed E-state index contributed by atoms with van der Waals surface area (Å²) in [6.07, 6.45) is 0. The second-order valence-electron chi connectivity index (χ2n) is 3.86. The Bertz CT molecular complexity index is 672. The van der Waals surface area contributed by atoms with Crippen LogP contribution in [0.25, 0.3) is 0 Å². The van der Waals surface area contributed by atoms with Gasteiger partial charge in [-0.2, -0.15) is 0 Å². The minimum absolute atomic E-state index is 0.0378. The van der Waals surface area contributed by atoms with Crippen molar-refractivity contribution in [1.29, 1.82) is 0 Å². The molecule has 2 rings (SSSR count). The van der Waals surface area contributed by atoms with Crippen LogP contribution in [0.5, 0.6) is 0 Å². The number of hydrogen-bond donors (Lipinski definition) is 1. The predicted octanol–water partition coefficient (Wildman–Crippen LogP) is 4.15. The van der Waals surface area contributed by atoms with Crippen molar-refractivity contribution in [1.82, 2.24) is 0 Å². The van der Waals surface area contributed by atoms with E-state index in [1.165, 1.54) is 18.2 Å². The maximum absolute atomic E-state index is 12.0. The monoisotopic (exact) mass is 310 g/mol. The number of hydrogen-bond acceptors (Lipinski definition) is 3. The molecule has 0 heterocycles. The van der Waals surface area contributed by atoms with Crippen molar-refractivity contribution in [2.75, 3.05) is 5.32 Å². The molecule has 0 aromatic heterocycles. The fourth-order valence-corrected chi connectivity index (χ4v) is 1.97. The predicted molar refractivity (Wildman–Crippen MR) is 77.5 cm³/mol. The Morgan fingerprint density at radius 3 is 2.35 bits per heavy atom. The summed E-state index contributed by atoms with van der Waals surface area (Å²) in [6, 6.07) is 10.5. The van der Waals surface area contributed by atoms with Crippen molar-refractivity contribution in [3.63, 3.8) is 0 Å². The highest BCUT2D eigenvalue weighted by atomic mass is 35.5. The van der Waals surface area contributed by atoms with E-state index >= 15 is 0 Å². The molecule has 20 heavy (non-hydrogen) atoms. The Labute approximate surface area is 124 Å². The Morgan fingerprint density at radius 2 is 1.75 bits per heavy atom. The molecule has 1 amide bonds. The van der Waals surface area contributed by atoms with E-state index in [-0.39, 0.29) is 16.3 Å². The molecule has 2 aromatic carbocycles. The zero-order valence-electron chi connectivity index (χ0n) is 9.97. The molecule has 0 spiro atoms. The third kappa shape index (κ3) is 3.07. The van der Waals surface area contributed by atoms with Gasteiger partial charge in [0, 0.05) is 16.8 Å². The lowest BCUT2D eigenvalue weighted by atomic mass is 10.2. The zero-order chi connectivity index (χ0) is 14.7. The first-order valence-electron chi connectivity index (χ1n) is 5.49. The molecule has 0 aliphatic rings. The summed E-state index contributed by atoms with van der Waals surface area (Å²) in [5.41, 5.74) is 0.244. The topological polar surface area (TPSA) is 72.2 Å². The van der Waals surface area contributed by atoms with Crippen molar-refractivity contribution in [2.45, 2.75) is 0 Å². The molecule has 0 bridgehead atoms. The third-order valence-electron chi connectivity index (χ3n) is 2.52. The van der Waals surface area contributed by atoms with Gasteiger partial charge in [-0.25, -0.2) is 0 Å². The number of nitrogens with one attached hydrogen (secondary N) is 1. The van der Waals surface area contributed by atoms with Gasteiger partial charge in [-0.05, 0) is 30.3 Å². The molecular weight excluding hydrogens is 303 g/mol. The molecule has 0 unspecified atom stereocenters. The second-order valence-corrected chi connectivity index (χ2v) is 4.67. The van der Waals surface area contributed by atoms with Gasteiger partial charge in [-0.15, -0.1) is 0 Å². The second kappa shape index (κ2) is 5.90. The van der Waals surface area contributed by atoms with Gasteiger partial charge in [-0.3, -0.25) is 14.9 Å². The van der Waals surface area contributed by atoms with E-state index in [2.05, 4.69) is 5.32 Å². The molecule has 0 aliphatic carbocycles. The number of benzene rings is 2. The summed E-state index contributed by atoms with van der Waals surface area (Å²) in [5, 5.41) is 13.7. The van der Waals surface area contributed by atoms with Gasteiger partial charge in [0.05, 0.1) is 10.5 Å². The molecular formula is C13H8Cl2N2O3. The number of nitro benzene ring substituents is 1. The fraction of sp³-hybridized carbons (Fsp3) is 0. The molecule has 7 heteroatoms. The number of carbonyl (C=O) groups is 1. The van der Waals surface area contributed by atoms with E-state index in [0.717, 1.165) is 0 Å². The number of amides is 1. The maximum Gasteiger partial charge on any atom is 0.288 e. The van der Waals surface area contributed by atoms with Gasteiger partial charge in [0.25, 0.3) is 11.6 Å². The average Bonchev–Trinajstić information content (AvgIpc) is 2.41. The van der Waals surface area contributed by atoms with Crippen LogP contribution in [0, 0.1) is 10.1 Å². The Hall–Kier alpha value is -2.11. The van der Waals surface area contributed by atoms with E-state index in [1.54, 1.807) is 24.3 Å². The highest BCUT2D eigenvalue weighted by Crippen LogP contribution is 2.28. The van der Waals surface area contributed by atoms with E-state index in [1.807, 2.05) is 0 Å². The van der Waals surface area contributed by atoms with Crippen LogP contribution in [0.1, 0.15) is 10.4 Å². The van der Waals surface area contributed by atoms with E-state index in [4.69, 9.17) is 23.2 Å². The van der Waals surface area contributed by atoms with E-state index in [0.29, 0.717) is 10.7 Å². The molecule has 0 radical (unpaired) electrons. The highest BCUT2D eigenvalue weighted by molar-refractivity contribution is 6.36. The Morgan fingerprint density at radius 1 is 1.10 bits per heavy atom. The number of nitrogens with zero attached hydrogens (tertiary/aromatic N) is 1. The van der Waals surface area contributed by atoms with Crippen molar-refractivity contribution in [3.05, 3.63) is 68.2 Å². The number of halogens is 2. The van der Waals surface area contributed by atoms with Crippen LogP contribution in [0.15, 0.2) is 42.5 Å². The zero-order valence-corrected chi connectivity index (χ0v) is 11.5. The highest BCUT2D eigenvalue weighted by Gasteiger charge is 2.19. The minimum atomic E-state index is -0.637. The number of carbonyl (C=O) groups excluding carboxylic acids is 1. The normalized spacial score (nSPS) is 10.1. The number of nitro groups is 1. The van der Waals surface area contributed by atoms with Gasteiger partial charge in [0.1, 0.15) is 5.02 Å². The quantitative estimate of drug-likeness (QED) is 0.683. The summed E-state index contributed by atoms with van der Waals surface area (Å²) in [7, 11) is 0. The fourth-order valence-electron chi connectivity index (χ4n) is 1.57. The Balaban J connectivity index is 2.28. The van der Waals surface area contributed by atoms with Gasteiger partial charge >= 0.3 is 0 Å². The SMILES string of the molecule is O=C(Nc1ccc(Cl)cc1)c1cccc([N+](=O)[O-])c1Cl. The Kier molecular flexibility index (Phi) is 4.22. The smallest absolute Gasteiger partial charge is 0.288 e. The van der Waals surface area contributed by atoms with Gasteiger partial charge in [-0.1, -0.05) is 29.3 Å². The lowest BCUT2D eigenvalue weighted by molar-refractivity contribution is -0.384. The summed E-state index contributed by atoms with van der Waals surface area (Å²) < 4.78 is 0. The molecule has 1 N–H and O–H groups in total. The third-order valence-corrected chi connectivity index (χ3v) is 3.17. The minimum Gasteiger partial charge on any atom is -0.322 e. The first-order chi connectivity index (χ1) is 9.49. The maximum atomic E-state index is 12.0. The lowest BCUT2D eigenvalue weighted by Crippen LogP contribution is -2.12. The molecule has 5 nitrogen and oxygen atoms in total. The van der Waals surface area contributed by atoms with Gasteiger partial charge in [0.15, 0.2) is 0 Å². The van der Waals surface area contributed by atoms with Crippen molar-refractivity contribution in [2.24, 2.45) is 0 Å². The lowest BCUT2D eigenvalue weighted by Gasteiger charge is -2.07. The molecule has 102 valence electrons. The van der Waals surface area contributed by atoms with Crippen LogP contribution in [0.3, 0.4) is 0 Å². The first-order valence-corrected chi connectivity index (χ1v) is 6.24. The molecule has 0 aliphatic heterocycles. The van der Waals surface area contributed by atoms with Crippen LogP contribution in [-0.4, -0.2) is 10.8 Å². The summed E-state index contributed by atoms with van der Waals surface area (Å²) >= 11 is 11.6. The van der Waals surface area contributed by atoms with Gasteiger partial charge in [0.2, 0.25) is 0 Å². The van der Waals surface area contributed by atoms with E-state index < -0.39 is 10.8 Å². The first kappa shape index (κ1) is 14.3. The van der Waals surface area contributed by atoms with Crippen LogP contribution < -0.4 is 5.32 Å². The van der Waals surface area contributed by atoms with Crippen molar-refractivity contribution in [3.8, 4) is 0 Å². The van der Waals surface area contributed by atoms with Crippen LogP contribution in [0.4, 0.5) is 11.4 Å². The number of rotatable bonds is 3. The van der Waals surface area contributed by atoms with Crippen LogP contribution >= 0.6 is 23.2 Å². The summed E-state index contributed by atoms with van der Waals surface area (Å²) in [5.74, 6) is -0.527. The molecule has 0 atom stereocenters. The summed E-state index contributed by atoms with van der Waals surface area (Å²) in [4.78, 5) is 22.2. The van der Waals surface area contributed by atoms with Crippen molar-refractivity contribution < 1.29 is 9.72 Å².